The molecule has 0 aromatic carbocycles. The lowest BCUT2D eigenvalue weighted by atomic mass is 10.7. The Morgan fingerprint density at radius 1 is 1.73 bits per heavy atom. The summed E-state index contributed by atoms with van der Waals surface area (Å²) in [4.78, 5) is 10.8. The summed E-state index contributed by atoms with van der Waals surface area (Å²) in [6.45, 7) is 1.94. The molecule has 1 heterocycles. The Morgan fingerprint density at radius 3 is 2.91 bits per heavy atom. The van der Waals surface area contributed by atoms with Crippen LogP contribution in [0.3, 0.4) is 0 Å². The van der Waals surface area contributed by atoms with Crippen molar-refractivity contribution in [1.82, 2.24) is 10.2 Å². The number of ether oxygens (including phenoxy) is 1. The van der Waals surface area contributed by atoms with E-state index in [9.17, 15) is 4.79 Å². The van der Waals surface area contributed by atoms with Gasteiger partial charge < -0.3 is 9.15 Å². The third-order valence-electron chi connectivity index (χ3n) is 0.850. The normalized spacial score (nSPS) is 9.64. The first kappa shape index (κ1) is 8.00. The van der Waals surface area contributed by atoms with Gasteiger partial charge in [0, 0.05) is 0 Å². The molecule has 11 heavy (non-hydrogen) atoms. The topological polar surface area (TPSA) is 65.2 Å². The molecule has 0 saturated heterocycles. The van der Waals surface area contributed by atoms with E-state index in [1.165, 1.54) is 0 Å². The second-order valence-electron chi connectivity index (χ2n) is 1.58. The summed E-state index contributed by atoms with van der Waals surface area (Å²) in [6.07, 6.45) is 0. The molecule has 0 N–H and O–H groups in total. The van der Waals surface area contributed by atoms with Crippen LogP contribution in [0.4, 0.5) is 0 Å². The van der Waals surface area contributed by atoms with Crippen molar-refractivity contribution in [2.24, 2.45) is 0 Å². The van der Waals surface area contributed by atoms with Crippen molar-refractivity contribution in [3.63, 3.8) is 0 Å². The highest BCUT2D eigenvalue weighted by molar-refractivity contribution is 6.27. The summed E-state index contributed by atoms with van der Waals surface area (Å²) in [6, 6.07) is 0. The molecule has 0 aliphatic rings. The number of hydrogen-bond acceptors (Lipinski definition) is 5. The Morgan fingerprint density at radius 2 is 2.45 bits per heavy atom. The van der Waals surface area contributed by atoms with Crippen LogP contribution in [0, 0.1) is 0 Å². The average molecular weight is 177 g/mol. The van der Waals surface area contributed by atoms with Crippen LogP contribution < -0.4 is 0 Å². The van der Waals surface area contributed by atoms with Crippen LogP contribution in [0.5, 0.6) is 0 Å². The van der Waals surface area contributed by atoms with Gasteiger partial charge >= 0.3 is 17.2 Å². The largest absolute Gasteiger partial charge is 0.459 e. The number of hydrogen-bond donors (Lipinski definition) is 0. The minimum Gasteiger partial charge on any atom is -0.459 e. The first-order chi connectivity index (χ1) is 5.24. The molecule has 0 atom stereocenters. The van der Waals surface area contributed by atoms with Gasteiger partial charge in [-0.25, -0.2) is 4.79 Å². The van der Waals surface area contributed by atoms with Gasteiger partial charge in [0.15, 0.2) is 0 Å². The highest BCUT2D eigenvalue weighted by atomic mass is 35.5. The van der Waals surface area contributed by atoms with Crippen LogP contribution in [-0.2, 0) is 4.74 Å². The number of esters is 1. The predicted molar refractivity (Wildman–Crippen MR) is 35.3 cm³/mol. The molecule has 60 valence electrons. The summed E-state index contributed by atoms with van der Waals surface area (Å²) in [5.41, 5.74) is 0. The van der Waals surface area contributed by atoms with Crippen LogP contribution in [0.15, 0.2) is 4.42 Å². The summed E-state index contributed by atoms with van der Waals surface area (Å²) in [7, 11) is 0. The van der Waals surface area contributed by atoms with Gasteiger partial charge in [0.2, 0.25) is 0 Å². The SMILES string of the molecule is CCOC(=O)c1nnc(Cl)o1. The Labute approximate surface area is 67.3 Å². The zero-order chi connectivity index (χ0) is 8.27. The maximum atomic E-state index is 10.8. The van der Waals surface area contributed by atoms with Gasteiger partial charge in [0.25, 0.3) is 0 Å². The fourth-order valence-corrected chi connectivity index (χ4v) is 0.592. The van der Waals surface area contributed by atoms with Crippen molar-refractivity contribution in [2.45, 2.75) is 6.92 Å². The van der Waals surface area contributed by atoms with Crippen LogP contribution in [0.25, 0.3) is 0 Å². The molecule has 0 bridgehead atoms. The van der Waals surface area contributed by atoms with E-state index in [-0.39, 0.29) is 17.8 Å². The molecule has 0 amide bonds. The lowest BCUT2D eigenvalue weighted by Crippen LogP contribution is -2.04. The van der Waals surface area contributed by atoms with Crippen molar-refractivity contribution in [1.29, 1.82) is 0 Å². The van der Waals surface area contributed by atoms with E-state index in [0.717, 1.165) is 0 Å². The molecule has 1 aromatic heterocycles. The lowest BCUT2D eigenvalue weighted by molar-refractivity contribution is 0.0480. The summed E-state index contributed by atoms with van der Waals surface area (Å²) in [5.74, 6) is -0.885. The number of carbonyl (C=O) groups is 1. The molecule has 6 heteroatoms. The van der Waals surface area contributed by atoms with Crippen LogP contribution in [0.1, 0.15) is 17.6 Å². The highest BCUT2D eigenvalue weighted by Crippen LogP contribution is 2.05. The van der Waals surface area contributed by atoms with Gasteiger partial charge in [-0.1, -0.05) is 10.2 Å². The summed E-state index contributed by atoms with van der Waals surface area (Å²) in [5, 5.41) is 6.41. The molecule has 5 nitrogen and oxygen atoms in total. The summed E-state index contributed by atoms with van der Waals surface area (Å²) < 4.78 is 9.11. The highest BCUT2D eigenvalue weighted by Gasteiger charge is 2.14. The quantitative estimate of drug-likeness (QED) is 0.627. The van der Waals surface area contributed by atoms with Crippen LogP contribution in [-0.4, -0.2) is 22.8 Å². The Hall–Kier alpha value is -1.10. The first-order valence-corrected chi connectivity index (χ1v) is 3.28. The van der Waals surface area contributed by atoms with Crippen LogP contribution in [0.2, 0.25) is 5.35 Å². The molecule has 0 aliphatic heterocycles. The zero-order valence-corrected chi connectivity index (χ0v) is 6.46. The number of aromatic nitrogens is 2. The molecule has 1 aromatic rings. The molecule has 0 fully saturated rings. The standard InChI is InChI=1S/C5H5ClN2O3/c1-2-10-4(9)3-7-8-5(6)11-3/h2H2,1H3. The van der Waals surface area contributed by atoms with E-state index in [4.69, 9.17) is 11.6 Å². The van der Waals surface area contributed by atoms with Gasteiger partial charge in [-0.15, -0.1) is 0 Å². The lowest BCUT2D eigenvalue weighted by Gasteiger charge is -1.93. The zero-order valence-electron chi connectivity index (χ0n) is 5.70. The Kier molecular flexibility index (Phi) is 2.43. The molecule has 0 spiro atoms. The molecule has 0 saturated carbocycles. The summed E-state index contributed by atoms with van der Waals surface area (Å²) >= 11 is 5.26. The number of rotatable bonds is 2. The van der Waals surface area contributed by atoms with E-state index in [2.05, 4.69) is 19.4 Å². The molecule has 0 radical (unpaired) electrons. The maximum Gasteiger partial charge on any atom is 0.396 e. The second-order valence-corrected chi connectivity index (χ2v) is 1.90. The third kappa shape index (κ3) is 1.91. The van der Waals surface area contributed by atoms with E-state index in [0.29, 0.717) is 0 Å². The number of nitrogens with zero attached hydrogens (tertiary/aromatic N) is 2. The van der Waals surface area contributed by atoms with Gasteiger partial charge in [-0.2, -0.15) is 0 Å². The van der Waals surface area contributed by atoms with E-state index >= 15 is 0 Å². The van der Waals surface area contributed by atoms with Gasteiger partial charge in [0.05, 0.1) is 6.61 Å². The van der Waals surface area contributed by atoms with Gasteiger partial charge in [0.1, 0.15) is 0 Å². The third-order valence-corrected chi connectivity index (χ3v) is 1.00. The Bertz CT molecular complexity index is 260. The Balaban J connectivity index is 2.69. The van der Waals surface area contributed by atoms with Crippen molar-refractivity contribution in [2.75, 3.05) is 6.61 Å². The first-order valence-electron chi connectivity index (χ1n) is 2.90. The van der Waals surface area contributed by atoms with Crippen molar-refractivity contribution in [3.05, 3.63) is 11.2 Å². The number of halogens is 1. The molecular weight excluding hydrogens is 172 g/mol. The predicted octanol–water partition coefficient (Wildman–Crippen LogP) is 0.900. The van der Waals surface area contributed by atoms with Crippen molar-refractivity contribution in [3.8, 4) is 0 Å². The monoisotopic (exact) mass is 176 g/mol. The fourth-order valence-electron chi connectivity index (χ4n) is 0.481. The van der Waals surface area contributed by atoms with E-state index in [1.807, 2.05) is 0 Å². The van der Waals surface area contributed by atoms with Crippen LogP contribution >= 0.6 is 11.6 Å². The smallest absolute Gasteiger partial charge is 0.396 e. The molecule has 0 aliphatic carbocycles. The minimum atomic E-state index is -0.660. The maximum absolute atomic E-state index is 10.8. The van der Waals surface area contributed by atoms with E-state index < -0.39 is 5.97 Å². The van der Waals surface area contributed by atoms with Gasteiger partial charge in [-0.3, -0.25) is 0 Å². The second kappa shape index (κ2) is 3.34. The fraction of sp³-hybridized carbons (Fsp3) is 0.400. The molecule has 1 rings (SSSR count). The van der Waals surface area contributed by atoms with Crippen molar-refractivity contribution >= 4 is 17.6 Å². The van der Waals surface area contributed by atoms with Crippen molar-refractivity contribution < 1.29 is 13.9 Å². The van der Waals surface area contributed by atoms with Gasteiger partial charge in [-0.05, 0) is 18.5 Å². The molecular formula is C5H5ClN2O3. The van der Waals surface area contributed by atoms with E-state index in [1.54, 1.807) is 6.92 Å². The minimum absolute atomic E-state index is 0.173. The average Bonchev–Trinajstić information content (AvgIpc) is 2.36. The molecule has 0 unspecified atom stereocenters. The number of carbonyl (C=O) groups excluding carboxylic acids is 1.